The molecule has 0 radical (unpaired) electrons. The van der Waals surface area contributed by atoms with E-state index in [0.717, 1.165) is 18.4 Å². The van der Waals surface area contributed by atoms with Gasteiger partial charge < -0.3 is 20.5 Å². The number of carboxylic acids is 1. The zero-order valence-corrected chi connectivity index (χ0v) is 20.2. The molecule has 36 heavy (non-hydrogen) atoms. The summed E-state index contributed by atoms with van der Waals surface area (Å²) in [4.78, 5) is 37.9. The largest absolute Gasteiger partial charge is 0.493 e. The molecule has 0 saturated heterocycles. The molecular weight excluding hydrogens is 458 g/mol. The van der Waals surface area contributed by atoms with E-state index >= 15 is 0 Å². The molecule has 3 N–H and O–H groups in total. The van der Waals surface area contributed by atoms with E-state index in [9.17, 15) is 24.8 Å². The number of anilines is 1. The molecule has 186 valence electrons. The van der Waals surface area contributed by atoms with Crippen LogP contribution in [-0.4, -0.2) is 36.0 Å². The van der Waals surface area contributed by atoms with E-state index in [4.69, 9.17) is 4.74 Å². The molecule has 1 unspecified atom stereocenters. The highest BCUT2D eigenvalue weighted by Crippen LogP contribution is 2.61. The van der Waals surface area contributed by atoms with Gasteiger partial charge in [-0.3, -0.25) is 14.4 Å². The monoisotopic (exact) mass is 487 g/mol. The van der Waals surface area contributed by atoms with Crippen molar-refractivity contribution in [3.8, 4) is 11.8 Å². The quantitative estimate of drug-likeness (QED) is 0.517. The second kappa shape index (κ2) is 9.30. The molecule has 0 aromatic heterocycles. The van der Waals surface area contributed by atoms with Gasteiger partial charge in [-0.1, -0.05) is 13.0 Å². The highest BCUT2D eigenvalue weighted by atomic mass is 16.5. The maximum atomic E-state index is 13.4. The Kier molecular flexibility index (Phi) is 6.17. The topological polar surface area (TPSA) is 129 Å². The van der Waals surface area contributed by atoms with Gasteiger partial charge >= 0.3 is 5.97 Å². The molecule has 8 nitrogen and oxygen atoms in total. The maximum absolute atomic E-state index is 13.4. The lowest BCUT2D eigenvalue weighted by molar-refractivity contribution is -0.138. The zero-order chi connectivity index (χ0) is 25.4. The second-order valence-electron chi connectivity index (χ2n) is 10.1. The average molecular weight is 488 g/mol. The first-order valence-electron chi connectivity index (χ1n) is 12.5. The molecule has 2 aliphatic carbocycles. The van der Waals surface area contributed by atoms with Crippen molar-refractivity contribution in [2.75, 3.05) is 18.5 Å². The lowest BCUT2D eigenvalue weighted by Gasteiger charge is -2.27. The van der Waals surface area contributed by atoms with Gasteiger partial charge in [0.25, 0.3) is 5.91 Å². The van der Waals surface area contributed by atoms with Gasteiger partial charge in [0.05, 0.1) is 24.2 Å². The first-order chi connectivity index (χ1) is 17.4. The third kappa shape index (κ3) is 4.41. The SMILES string of the molecule is CCC(C(=O)O)c1ccc(C#N)cc1NC(=O)[C@@H]1C[C@]12CCOc1ccc(C(=O)NCC3CC3)cc12. The number of aliphatic carboxylic acids is 1. The standard InChI is InChI=1S/C28H29N3O5/c1-2-19(27(34)35)20-7-5-17(14-29)11-23(20)31-26(33)22-13-28(22)9-10-36-24-8-6-18(12-21(24)28)25(32)30-15-16-3-4-16/h5-8,11-12,16,19,22H,2-4,9-10,13,15H2,1H3,(H,30,32)(H,31,33)(H,34,35)/t19?,22-,28-/m0/s1. The number of benzene rings is 2. The third-order valence-corrected chi connectivity index (χ3v) is 7.75. The fraction of sp³-hybridized carbons (Fsp3) is 0.429. The summed E-state index contributed by atoms with van der Waals surface area (Å²) in [6.07, 6.45) is 3.94. The maximum Gasteiger partial charge on any atom is 0.311 e. The van der Waals surface area contributed by atoms with Crippen LogP contribution in [0.1, 0.15) is 72.0 Å². The van der Waals surface area contributed by atoms with E-state index in [1.165, 1.54) is 6.07 Å². The zero-order valence-electron chi connectivity index (χ0n) is 20.2. The number of carbonyl (C=O) groups excluding carboxylic acids is 2. The number of nitriles is 1. The van der Waals surface area contributed by atoms with Crippen molar-refractivity contribution in [2.24, 2.45) is 11.8 Å². The fourth-order valence-electron chi connectivity index (χ4n) is 5.33. The predicted octanol–water partition coefficient (Wildman–Crippen LogP) is 3.96. The van der Waals surface area contributed by atoms with Gasteiger partial charge in [0.1, 0.15) is 5.75 Å². The summed E-state index contributed by atoms with van der Waals surface area (Å²) >= 11 is 0. The van der Waals surface area contributed by atoms with Crippen LogP contribution in [0.25, 0.3) is 0 Å². The minimum absolute atomic E-state index is 0.121. The average Bonchev–Trinajstić information content (AvgIpc) is 3.80. The van der Waals surface area contributed by atoms with E-state index in [1.807, 2.05) is 12.1 Å². The summed E-state index contributed by atoms with van der Waals surface area (Å²) in [5.41, 5.74) is 2.19. The Hall–Kier alpha value is -3.86. The van der Waals surface area contributed by atoms with Crippen molar-refractivity contribution in [2.45, 2.75) is 50.4 Å². The highest BCUT2D eigenvalue weighted by Gasteiger charge is 2.61. The number of hydrogen-bond donors (Lipinski definition) is 3. The van der Waals surface area contributed by atoms with Crippen molar-refractivity contribution in [3.05, 3.63) is 58.7 Å². The Morgan fingerprint density at radius 1 is 1.22 bits per heavy atom. The molecule has 3 aliphatic rings. The molecule has 5 rings (SSSR count). The number of hydrogen-bond acceptors (Lipinski definition) is 5. The van der Waals surface area contributed by atoms with Gasteiger partial charge in [-0.2, -0.15) is 5.26 Å². The summed E-state index contributed by atoms with van der Waals surface area (Å²) in [6, 6.07) is 12.2. The van der Waals surface area contributed by atoms with E-state index in [0.29, 0.717) is 66.5 Å². The number of amides is 2. The molecule has 0 bridgehead atoms. The van der Waals surface area contributed by atoms with Crippen molar-refractivity contribution in [1.82, 2.24) is 5.32 Å². The van der Waals surface area contributed by atoms with E-state index in [-0.39, 0.29) is 17.7 Å². The van der Waals surface area contributed by atoms with Crippen molar-refractivity contribution in [3.63, 3.8) is 0 Å². The molecule has 2 saturated carbocycles. The molecule has 1 spiro atoms. The van der Waals surface area contributed by atoms with Gasteiger partial charge in [-0.15, -0.1) is 0 Å². The first kappa shape index (κ1) is 23.9. The van der Waals surface area contributed by atoms with Gasteiger partial charge in [0.2, 0.25) is 5.91 Å². The lowest BCUT2D eigenvalue weighted by Crippen LogP contribution is -2.29. The first-order valence-corrected chi connectivity index (χ1v) is 12.5. The Bertz CT molecular complexity index is 1280. The molecule has 2 fully saturated rings. The van der Waals surface area contributed by atoms with Crippen LogP contribution in [0.3, 0.4) is 0 Å². The number of carboxylic acid groups (broad SMARTS) is 1. The van der Waals surface area contributed by atoms with Crippen molar-refractivity contribution < 1.29 is 24.2 Å². The summed E-state index contributed by atoms with van der Waals surface area (Å²) in [5.74, 6) is -1.18. The number of ether oxygens (including phenoxy) is 1. The summed E-state index contributed by atoms with van der Waals surface area (Å²) in [5, 5.41) is 24.9. The van der Waals surface area contributed by atoms with Crippen LogP contribution in [0.2, 0.25) is 0 Å². The Labute approximate surface area is 209 Å². The lowest BCUT2D eigenvalue weighted by atomic mass is 9.86. The number of rotatable bonds is 8. The van der Waals surface area contributed by atoms with Crippen molar-refractivity contribution in [1.29, 1.82) is 5.26 Å². The van der Waals surface area contributed by atoms with Crippen LogP contribution in [-0.2, 0) is 15.0 Å². The van der Waals surface area contributed by atoms with Crippen LogP contribution < -0.4 is 15.4 Å². The minimum Gasteiger partial charge on any atom is -0.493 e. The van der Waals surface area contributed by atoms with Gasteiger partial charge in [0.15, 0.2) is 0 Å². The smallest absolute Gasteiger partial charge is 0.311 e. The van der Waals surface area contributed by atoms with E-state index in [2.05, 4.69) is 16.7 Å². The number of nitrogens with zero attached hydrogens (tertiary/aromatic N) is 1. The molecule has 1 heterocycles. The predicted molar refractivity (Wildman–Crippen MR) is 132 cm³/mol. The molecule has 2 aromatic carbocycles. The van der Waals surface area contributed by atoms with Gasteiger partial charge in [-0.25, -0.2) is 0 Å². The van der Waals surface area contributed by atoms with Crippen LogP contribution in [0.5, 0.6) is 5.75 Å². The van der Waals surface area contributed by atoms with Crippen LogP contribution >= 0.6 is 0 Å². The summed E-state index contributed by atoms with van der Waals surface area (Å²) < 4.78 is 5.85. The number of fused-ring (bicyclic) bond motifs is 2. The molecule has 3 atom stereocenters. The molecule has 2 amide bonds. The van der Waals surface area contributed by atoms with E-state index in [1.54, 1.807) is 25.1 Å². The normalized spacial score (nSPS) is 22.5. The molecule has 2 aromatic rings. The van der Waals surface area contributed by atoms with Crippen molar-refractivity contribution >= 4 is 23.5 Å². The van der Waals surface area contributed by atoms with Crippen LogP contribution in [0, 0.1) is 23.2 Å². The Morgan fingerprint density at radius 3 is 2.72 bits per heavy atom. The third-order valence-electron chi connectivity index (χ3n) is 7.75. The second-order valence-corrected chi connectivity index (χ2v) is 10.1. The number of nitrogens with one attached hydrogen (secondary N) is 2. The Morgan fingerprint density at radius 2 is 2.03 bits per heavy atom. The van der Waals surface area contributed by atoms with Crippen LogP contribution in [0.4, 0.5) is 5.69 Å². The van der Waals surface area contributed by atoms with Gasteiger partial charge in [0, 0.05) is 34.7 Å². The summed E-state index contributed by atoms with van der Waals surface area (Å²) in [7, 11) is 0. The fourth-order valence-corrected chi connectivity index (χ4v) is 5.33. The summed E-state index contributed by atoms with van der Waals surface area (Å²) in [6.45, 7) is 2.94. The number of carbonyl (C=O) groups is 3. The van der Waals surface area contributed by atoms with Gasteiger partial charge in [-0.05, 0) is 73.9 Å². The van der Waals surface area contributed by atoms with Crippen LogP contribution in [0.15, 0.2) is 36.4 Å². The molecular formula is C28H29N3O5. The van der Waals surface area contributed by atoms with E-state index < -0.39 is 17.3 Å². The minimum atomic E-state index is -0.980. The highest BCUT2D eigenvalue weighted by molar-refractivity contribution is 5.99. The Balaban J connectivity index is 1.38. The molecule has 1 aliphatic heterocycles. The molecule has 8 heteroatoms.